The Morgan fingerprint density at radius 3 is 2.44 bits per heavy atom. The summed E-state index contributed by atoms with van der Waals surface area (Å²) in [5.41, 5.74) is 1.16. The highest BCUT2D eigenvalue weighted by atomic mass is 16.4. The summed E-state index contributed by atoms with van der Waals surface area (Å²) in [5, 5.41) is 10.8. The van der Waals surface area contributed by atoms with Crippen LogP contribution in [0.15, 0.2) is 30.3 Å². The van der Waals surface area contributed by atoms with Crippen LogP contribution < -0.4 is 0 Å². The number of carboxylic acid groups (broad SMARTS) is 1. The summed E-state index contributed by atoms with van der Waals surface area (Å²) in [4.78, 5) is 11.8. The molecule has 0 bridgehead atoms. The van der Waals surface area contributed by atoms with Crippen LogP contribution in [0.5, 0.6) is 0 Å². The lowest BCUT2D eigenvalue weighted by Crippen LogP contribution is -2.41. The third-order valence-electron chi connectivity index (χ3n) is 3.89. The van der Waals surface area contributed by atoms with Gasteiger partial charge in [-0.3, -0.25) is 0 Å². The Morgan fingerprint density at radius 2 is 1.89 bits per heavy atom. The number of carbonyl (C=O) groups is 1. The molecule has 0 amide bonds. The fourth-order valence-corrected chi connectivity index (χ4v) is 2.83. The number of carboxylic acids is 1. The first kappa shape index (κ1) is 12.7. The second-order valence-corrected chi connectivity index (χ2v) is 4.72. The molecule has 0 aliphatic carbocycles. The predicted octanol–water partition coefficient (Wildman–Crippen LogP) is 3.55. The minimum absolute atomic E-state index is 0.582. The molecule has 0 unspecified atom stereocenters. The van der Waals surface area contributed by atoms with Gasteiger partial charge < -0.3 is 9.67 Å². The molecular weight excluding hydrogens is 226 g/mol. The molecule has 1 N–H and O–H groups in total. The second kappa shape index (κ2) is 4.48. The molecule has 1 heterocycles. The molecule has 0 aliphatic rings. The first-order valence-corrected chi connectivity index (χ1v) is 6.37. The van der Waals surface area contributed by atoms with E-state index in [0.29, 0.717) is 12.8 Å². The third-order valence-corrected chi connectivity index (χ3v) is 3.89. The van der Waals surface area contributed by atoms with Crippen LogP contribution in [0.4, 0.5) is 0 Å². The van der Waals surface area contributed by atoms with Gasteiger partial charge in [0.15, 0.2) is 0 Å². The van der Waals surface area contributed by atoms with Crippen LogP contribution in [0.1, 0.15) is 32.4 Å². The predicted molar refractivity (Wildman–Crippen MR) is 72.9 cm³/mol. The molecule has 0 radical (unpaired) electrons. The zero-order valence-corrected chi connectivity index (χ0v) is 11.1. The standard InChI is InChI=1S/C15H19NO2/c1-4-15(5-2,14(17)18)16-11(3)10-12-8-6-7-9-13(12)16/h6-10H,4-5H2,1-3H3,(H,17,18). The van der Waals surface area contributed by atoms with Gasteiger partial charge in [-0.25, -0.2) is 4.79 Å². The minimum atomic E-state index is -0.840. The van der Waals surface area contributed by atoms with E-state index in [2.05, 4.69) is 6.07 Å². The van der Waals surface area contributed by atoms with Gasteiger partial charge in [0.25, 0.3) is 0 Å². The molecule has 0 spiro atoms. The van der Waals surface area contributed by atoms with E-state index in [0.717, 1.165) is 16.6 Å². The number of fused-ring (bicyclic) bond motifs is 1. The Bertz CT molecular complexity index is 579. The number of rotatable bonds is 4. The van der Waals surface area contributed by atoms with Crippen molar-refractivity contribution in [3.63, 3.8) is 0 Å². The number of aliphatic carboxylic acids is 1. The lowest BCUT2D eigenvalue weighted by atomic mass is 9.92. The number of benzene rings is 1. The van der Waals surface area contributed by atoms with Gasteiger partial charge in [0.1, 0.15) is 5.54 Å². The van der Waals surface area contributed by atoms with Gasteiger partial charge in [0.05, 0.1) is 0 Å². The second-order valence-electron chi connectivity index (χ2n) is 4.72. The van der Waals surface area contributed by atoms with Crippen molar-refractivity contribution < 1.29 is 9.90 Å². The molecule has 0 saturated carbocycles. The van der Waals surface area contributed by atoms with Crippen LogP contribution in [0.25, 0.3) is 10.9 Å². The molecule has 0 aliphatic heterocycles. The van der Waals surface area contributed by atoms with Gasteiger partial charge in [-0.05, 0) is 37.3 Å². The molecule has 3 heteroatoms. The Kier molecular flexibility index (Phi) is 3.16. The molecule has 1 aromatic carbocycles. The minimum Gasteiger partial charge on any atom is -0.479 e. The molecule has 18 heavy (non-hydrogen) atoms. The number of aromatic nitrogens is 1. The molecule has 3 nitrogen and oxygen atoms in total. The van der Waals surface area contributed by atoms with Crippen molar-refractivity contribution in [2.75, 3.05) is 0 Å². The topological polar surface area (TPSA) is 42.2 Å². The van der Waals surface area contributed by atoms with Gasteiger partial charge in [-0.2, -0.15) is 0 Å². The molecular formula is C15H19NO2. The molecule has 0 atom stereocenters. The van der Waals surface area contributed by atoms with E-state index in [1.165, 1.54) is 0 Å². The van der Waals surface area contributed by atoms with Crippen molar-refractivity contribution in [1.29, 1.82) is 0 Å². The maximum atomic E-state index is 11.8. The van der Waals surface area contributed by atoms with Gasteiger partial charge in [0, 0.05) is 11.2 Å². The summed E-state index contributed by atoms with van der Waals surface area (Å²) in [7, 11) is 0. The zero-order chi connectivity index (χ0) is 13.3. The molecule has 0 fully saturated rings. The van der Waals surface area contributed by atoms with Crippen LogP contribution in [-0.2, 0) is 10.3 Å². The fraction of sp³-hybridized carbons (Fsp3) is 0.400. The average Bonchev–Trinajstić information content (AvgIpc) is 2.69. The Balaban J connectivity index is 2.79. The number of nitrogens with zero attached hydrogens (tertiary/aromatic N) is 1. The van der Waals surface area contributed by atoms with Gasteiger partial charge in [-0.1, -0.05) is 32.0 Å². The summed E-state index contributed by atoms with van der Waals surface area (Å²) in [5.74, 6) is -0.753. The van der Waals surface area contributed by atoms with E-state index >= 15 is 0 Å². The largest absolute Gasteiger partial charge is 0.479 e. The molecule has 0 saturated heterocycles. The summed E-state index contributed by atoms with van der Waals surface area (Å²) in [6, 6.07) is 10.0. The van der Waals surface area contributed by atoms with E-state index in [1.807, 2.05) is 49.6 Å². The number of para-hydroxylation sites is 1. The Labute approximate surface area is 107 Å². The van der Waals surface area contributed by atoms with Crippen LogP contribution in [-0.4, -0.2) is 15.6 Å². The Hall–Kier alpha value is -1.77. The average molecular weight is 245 g/mol. The number of hydrogen-bond acceptors (Lipinski definition) is 1. The molecule has 2 aromatic rings. The van der Waals surface area contributed by atoms with Crippen molar-refractivity contribution in [3.8, 4) is 0 Å². The lowest BCUT2D eigenvalue weighted by molar-refractivity contribution is -0.147. The monoisotopic (exact) mass is 245 g/mol. The summed E-state index contributed by atoms with van der Waals surface area (Å²) < 4.78 is 1.98. The van der Waals surface area contributed by atoms with E-state index in [9.17, 15) is 9.90 Å². The normalized spacial score (nSPS) is 11.9. The van der Waals surface area contributed by atoms with Crippen molar-refractivity contribution in [2.24, 2.45) is 0 Å². The zero-order valence-electron chi connectivity index (χ0n) is 11.1. The molecule has 2 rings (SSSR count). The van der Waals surface area contributed by atoms with Crippen molar-refractivity contribution in [3.05, 3.63) is 36.0 Å². The fourth-order valence-electron chi connectivity index (χ4n) is 2.83. The van der Waals surface area contributed by atoms with Crippen LogP contribution in [0, 0.1) is 6.92 Å². The highest BCUT2D eigenvalue weighted by molar-refractivity contribution is 5.86. The molecule has 1 aromatic heterocycles. The Morgan fingerprint density at radius 1 is 1.28 bits per heavy atom. The maximum Gasteiger partial charge on any atom is 0.329 e. The van der Waals surface area contributed by atoms with Crippen molar-refractivity contribution in [2.45, 2.75) is 39.2 Å². The van der Waals surface area contributed by atoms with Gasteiger partial charge in [-0.15, -0.1) is 0 Å². The van der Waals surface area contributed by atoms with E-state index < -0.39 is 11.5 Å². The maximum absolute atomic E-state index is 11.8. The van der Waals surface area contributed by atoms with E-state index in [-0.39, 0.29) is 0 Å². The first-order chi connectivity index (χ1) is 8.56. The van der Waals surface area contributed by atoms with E-state index in [1.54, 1.807) is 0 Å². The first-order valence-electron chi connectivity index (χ1n) is 6.37. The summed E-state index contributed by atoms with van der Waals surface area (Å²) in [6.45, 7) is 5.85. The van der Waals surface area contributed by atoms with Crippen LogP contribution in [0.3, 0.4) is 0 Å². The highest BCUT2D eigenvalue weighted by Crippen LogP contribution is 2.33. The number of aryl methyl sites for hydroxylation is 1. The summed E-state index contributed by atoms with van der Waals surface area (Å²) in [6.07, 6.45) is 1.16. The van der Waals surface area contributed by atoms with Gasteiger partial charge >= 0.3 is 5.97 Å². The van der Waals surface area contributed by atoms with Crippen molar-refractivity contribution in [1.82, 2.24) is 4.57 Å². The van der Waals surface area contributed by atoms with E-state index in [4.69, 9.17) is 0 Å². The number of hydrogen-bond donors (Lipinski definition) is 1. The highest BCUT2D eigenvalue weighted by Gasteiger charge is 2.38. The SMILES string of the molecule is CCC(CC)(C(=O)O)n1c(C)cc2ccccc21. The summed E-state index contributed by atoms with van der Waals surface area (Å²) >= 11 is 0. The quantitative estimate of drug-likeness (QED) is 0.895. The van der Waals surface area contributed by atoms with Crippen molar-refractivity contribution >= 4 is 16.9 Å². The third kappa shape index (κ3) is 1.62. The van der Waals surface area contributed by atoms with Crippen LogP contribution >= 0.6 is 0 Å². The molecule has 96 valence electrons. The van der Waals surface area contributed by atoms with Gasteiger partial charge in [0.2, 0.25) is 0 Å². The van der Waals surface area contributed by atoms with Crippen LogP contribution in [0.2, 0.25) is 0 Å². The smallest absolute Gasteiger partial charge is 0.329 e. The lowest BCUT2D eigenvalue weighted by Gasteiger charge is -2.31.